The summed E-state index contributed by atoms with van der Waals surface area (Å²) in [6, 6.07) is 8.34. The minimum Gasteiger partial charge on any atom is -0.491 e. The quantitative estimate of drug-likeness (QED) is 0.750. The number of benzene rings is 1. The lowest BCUT2D eigenvalue weighted by molar-refractivity contribution is 0.242. The predicted octanol–water partition coefficient (Wildman–Crippen LogP) is 1.62. The number of hydrogen-bond donors (Lipinski definition) is 2. The van der Waals surface area contributed by atoms with Crippen molar-refractivity contribution in [1.82, 2.24) is 10.2 Å². The molecule has 1 aromatic rings. The molecular formula is C15H27N3O. The van der Waals surface area contributed by atoms with Gasteiger partial charge in [-0.05, 0) is 45.6 Å². The summed E-state index contributed by atoms with van der Waals surface area (Å²) < 4.78 is 5.72. The van der Waals surface area contributed by atoms with Crippen molar-refractivity contribution >= 4 is 0 Å². The van der Waals surface area contributed by atoms with Crippen LogP contribution >= 0.6 is 0 Å². The molecule has 19 heavy (non-hydrogen) atoms. The molecule has 4 heteroatoms. The molecule has 108 valence electrons. The van der Waals surface area contributed by atoms with Crippen LogP contribution < -0.4 is 15.8 Å². The number of nitrogens with zero attached hydrogens (tertiary/aromatic N) is 1. The summed E-state index contributed by atoms with van der Waals surface area (Å²) in [7, 11) is 4.13. The first kappa shape index (κ1) is 16.0. The zero-order chi connectivity index (χ0) is 14.3. The average Bonchev–Trinajstić information content (AvgIpc) is 2.34. The van der Waals surface area contributed by atoms with Gasteiger partial charge in [0.1, 0.15) is 5.75 Å². The van der Waals surface area contributed by atoms with Crippen molar-refractivity contribution < 1.29 is 4.74 Å². The third-order valence-corrected chi connectivity index (χ3v) is 2.82. The second kappa shape index (κ2) is 8.15. The minimum atomic E-state index is 0.177. The van der Waals surface area contributed by atoms with Crippen LogP contribution in [0.3, 0.4) is 0 Å². The Labute approximate surface area is 116 Å². The second-order valence-corrected chi connectivity index (χ2v) is 5.28. The first-order chi connectivity index (χ1) is 9.02. The highest BCUT2D eigenvalue weighted by Gasteiger charge is 2.10. The summed E-state index contributed by atoms with van der Waals surface area (Å²) in [5.74, 6) is 0.903. The van der Waals surface area contributed by atoms with E-state index in [1.165, 1.54) is 5.56 Å². The lowest BCUT2D eigenvalue weighted by Gasteiger charge is -2.20. The Bertz CT molecular complexity index is 366. The van der Waals surface area contributed by atoms with Crippen LogP contribution in [0.1, 0.15) is 25.5 Å². The Hall–Kier alpha value is -1.10. The largest absolute Gasteiger partial charge is 0.491 e. The minimum absolute atomic E-state index is 0.177. The summed E-state index contributed by atoms with van der Waals surface area (Å²) in [6.45, 7) is 6.56. The fraction of sp³-hybridized carbons (Fsp3) is 0.600. The Kier molecular flexibility index (Phi) is 6.84. The molecule has 0 radical (unpaired) electrons. The molecule has 0 saturated heterocycles. The number of nitrogens with one attached hydrogen (secondary N) is 1. The van der Waals surface area contributed by atoms with E-state index in [4.69, 9.17) is 10.5 Å². The Morgan fingerprint density at radius 3 is 2.63 bits per heavy atom. The Morgan fingerprint density at radius 1 is 1.32 bits per heavy atom. The maximum atomic E-state index is 5.86. The van der Waals surface area contributed by atoms with Crippen LogP contribution in [-0.4, -0.2) is 44.7 Å². The molecule has 1 unspecified atom stereocenters. The lowest BCUT2D eigenvalue weighted by atomic mass is 10.1. The molecule has 0 heterocycles. The van der Waals surface area contributed by atoms with Crippen LogP contribution in [0.2, 0.25) is 0 Å². The number of hydrogen-bond acceptors (Lipinski definition) is 4. The molecule has 0 aliphatic rings. The van der Waals surface area contributed by atoms with Gasteiger partial charge in [0.25, 0.3) is 0 Å². The van der Waals surface area contributed by atoms with Gasteiger partial charge in [-0.1, -0.05) is 12.1 Å². The molecule has 3 N–H and O–H groups in total. The Balaban J connectivity index is 2.64. The molecule has 0 amide bonds. The molecule has 0 aliphatic heterocycles. The molecule has 1 atom stereocenters. The second-order valence-electron chi connectivity index (χ2n) is 5.28. The van der Waals surface area contributed by atoms with Crippen LogP contribution in [0.4, 0.5) is 0 Å². The van der Waals surface area contributed by atoms with Crippen LogP contribution in [0, 0.1) is 0 Å². The van der Waals surface area contributed by atoms with E-state index in [0.717, 1.165) is 18.8 Å². The van der Waals surface area contributed by atoms with Crippen molar-refractivity contribution in [3.8, 4) is 5.75 Å². The molecule has 0 fully saturated rings. The number of rotatable bonds is 8. The normalized spacial score (nSPS) is 13.0. The number of nitrogens with two attached hydrogens (primary N) is 1. The monoisotopic (exact) mass is 265 g/mol. The molecule has 4 nitrogen and oxygen atoms in total. The maximum absolute atomic E-state index is 5.86. The lowest BCUT2D eigenvalue weighted by Crippen LogP contribution is -2.33. The van der Waals surface area contributed by atoms with Crippen molar-refractivity contribution in [2.45, 2.75) is 26.0 Å². The molecule has 0 aliphatic carbocycles. The first-order valence-electron chi connectivity index (χ1n) is 6.87. The Morgan fingerprint density at radius 2 is 2.05 bits per heavy atom. The molecule has 0 spiro atoms. The standard InChI is InChI=1S/C15H27N3O/c1-12(2)19-14-7-5-6-13(10-14)15(11-16)17-8-9-18(3)4/h5-7,10,12,15,17H,8-9,11,16H2,1-4H3. The van der Waals surface area contributed by atoms with E-state index in [-0.39, 0.29) is 12.1 Å². The zero-order valence-corrected chi connectivity index (χ0v) is 12.5. The van der Waals surface area contributed by atoms with Crippen LogP contribution in [0.5, 0.6) is 5.75 Å². The van der Waals surface area contributed by atoms with Gasteiger partial charge in [0.15, 0.2) is 0 Å². The van der Waals surface area contributed by atoms with Gasteiger partial charge < -0.3 is 20.7 Å². The zero-order valence-electron chi connectivity index (χ0n) is 12.5. The smallest absolute Gasteiger partial charge is 0.120 e. The van der Waals surface area contributed by atoms with Gasteiger partial charge >= 0.3 is 0 Å². The van der Waals surface area contributed by atoms with E-state index in [1.54, 1.807) is 0 Å². The fourth-order valence-electron chi connectivity index (χ4n) is 1.88. The van der Waals surface area contributed by atoms with Gasteiger partial charge in [0, 0.05) is 25.7 Å². The van der Waals surface area contributed by atoms with E-state index in [0.29, 0.717) is 6.54 Å². The third kappa shape index (κ3) is 6.05. The maximum Gasteiger partial charge on any atom is 0.120 e. The highest BCUT2D eigenvalue weighted by Crippen LogP contribution is 2.19. The van der Waals surface area contributed by atoms with E-state index in [9.17, 15) is 0 Å². The number of likely N-dealkylation sites (N-methyl/N-ethyl adjacent to an activating group) is 1. The van der Waals surface area contributed by atoms with Crippen LogP contribution in [0.25, 0.3) is 0 Å². The first-order valence-corrected chi connectivity index (χ1v) is 6.87. The summed E-state index contributed by atoms with van der Waals surface area (Å²) >= 11 is 0. The van der Waals surface area contributed by atoms with Crippen molar-refractivity contribution in [3.05, 3.63) is 29.8 Å². The molecular weight excluding hydrogens is 238 g/mol. The van der Waals surface area contributed by atoms with Crippen LogP contribution in [-0.2, 0) is 0 Å². The van der Waals surface area contributed by atoms with Crippen molar-refractivity contribution in [1.29, 1.82) is 0 Å². The van der Waals surface area contributed by atoms with Gasteiger partial charge in [0.05, 0.1) is 6.10 Å². The van der Waals surface area contributed by atoms with Crippen molar-refractivity contribution in [2.24, 2.45) is 5.73 Å². The average molecular weight is 265 g/mol. The van der Waals surface area contributed by atoms with Crippen molar-refractivity contribution in [2.75, 3.05) is 33.7 Å². The third-order valence-electron chi connectivity index (χ3n) is 2.82. The van der Waals surface area contributed by atoms with Gasteiger partial charge in [0.2, 0.25) is 0 Å². The van der Waals surface area contributed by atoms with Gasteiger partial charge in [-0.3, -0.25) is 0 Å². The summed E-state index contributed by atoms with van der Waals surface area (Å²) in [4.78, 5) is 2.15. The van der Waals surface area contributed by atoms with Gasteiger partial charge in [-0.2, -0.15) is 0 Å². The molecule has 0 aromatic heterocycles. The van der Waals surface area contributed by atoms with Crippen molar-refractivity contribution in [3.63, 3.8) is 0 Å². The summed E-state index contributed by atoms with van der Waals surface area (Å²) in [6.07, 6.45) is 0.188. The van der Waals surface area contributed by atoms with E-state index < -0.39 is 0 Å². The summed E-state index contributed by atoms with van der Waals surface area (Å²) in [5.41, 5.74) is 7.04. The molecule has 1 rings (SSSR count). The highest BCUT2D eigenvalue weighted by atomic mass is 16.5. The molecule has 0 bridgehead atoms. The van der Waals surface area contributed by atoms with E-state index in [2.05, 4.69) is 36.4 Å². The molecule has 1 aromatic carbocycles. The summed E-state index contributed by atoms with van der Waals surface area (Å²) in [5, 5.41) is 3.48. The van der Waals surface area contributed by atoms with Gasteiger partial charge in [-0.15, -0.1) is 0 Å². The SMILES string of the molecule is CC(C)Oc1cccc(C(CN)NCCN(C)C)c1. The highest BCUT2D eigenvalue weighted by molar-refractivity contribution is 5.31. The van der Waals surface area contributed by atoms with Crippen LogP contribution in [0.15, 0.2) is 24.3 Å². The topological polar surface area (TPSA) is 50.5 Å². The van der Waals surface area contributed by atoms with E-state index >= 15 is 0 Å². The fourth-order valence-corrected chi connectivity index (χ4v) is 1.88. The van der Waals surface area contributed by atoms with Gasteiger partial charge in [-0.25, -0.2) is 0 Å². The predicted molar refractivity (Wildman–Crippen MR) is 80.6 cm³/mol. The van der Waals surface area contributed by atoms with E-state index in [1.807, 2.05) is 26.0 Å². The molecule has 0 saturated carbocycles. The number of ether oxygens (including phenoxy) is 1.